The van der Waals surface area contributed by atoms with E-state index >= 15 is 0 Å². The van der Waals surface area contributed by atoms with Crippen LogP contribution in [0.1, 0.15) is 17.8 Å². The van der Waals surface area contributed by atoms with Crippen LogP contribution in [-0.2, 0) is 22.7 Å². The van der Waals surface area contributed by atoms with Gasteiger partial charge in [0.25, 0.3) is 5.91 Å². The van der Waals surface area contributed by atoms with E-state index in [1.165, 1.54) is 0 Å². The molecule has 3 N–H and O–H groups in total. The van der Waals surface area contributed by atoms with E-state index in [0.29, 0.717) is 5.82 Å². The lowest BCUT2D eigenvalue weighted by Gasteiger charge is -2.13. The molecule has 0 aliphatic carbocycles. The minimum atomic E-state index is -0.855. The molecule has 0 bridgehead atoms. The number of benzene rings is 2. The molecular formula is C20H19N5O3. The van der Waals surface area contributed by atoms with E-state index in [1.54, 1.807) is 0 Å². The molecule has 1 aromatic heterocycles. The number of nitrogens with one attached hydrogen (secondary N) is 3. The lowest BCUT2D eigenvalue weighted by atomic mass is 10.1. The molecule has 4 amide bonds. The van der Waals surface area contributed by atoms with Crippen molar-refractivity contribution in [1.82, 2.24) is 25.5 Å². The lowest BCUT2D eigenvalue weighted by Crippen LogP contribution is -2.36. The number of aromatic amines is 1. The highest BCUT2D eigenvalue weighted by Crippen LogP contribution is 2.14. The summed E-state index contributed by atoms with van der Waals surface area (Å²) in [6, 6.07) is 15.5. The van der Waals surface area contributed by atoms with Gasteiger partial charge < -0.3 is 15.6 Å². The third-order valence-electron chi connectivity index (χ3n) is 4.57. The Morgan fingerprint density at radius 3 is 2.61 bits per heavy atom. The minimum Gasteiger partial charge on any atom is -0.349 e. The van der Waals surface area contributed by atoms with E-state index in [9.17, 15) is 14.4 Å². The van der Waals surface area contributed by atoms with Crippen LogP contribution >= 0.6 is 0 Å². The van der Waals surface area contributed by atoms with Crippen LogP contribution in [-0.4, -0.2) is 38.8 Å². The number of rotatable bonds is 6. The number of imidazole rings is 1. The standard InChI is InChI=1S/C20H19N5O3/c26-18(21-11-17-22-14-8-4-5-9-15(14)23-17)10-16-19(27)25(20(28)24-16)12-13-6-2-1-3-7-13/h1-9,16H,10-12H2,(H,21,26)(H,22,23)(H,24,28)/t16-/m1/s1. The molecule has 1 aliphatic rings. The van der Waals surface area contributed by atoms with Crippen molar-refractivity contribution >= 4 is 28.9 Å². The second kappa shape index (κ2) is 7.51. The first kappa shape index (κ1) is 17.7. The van der Waals surface area contributed by atoms with Crippen molar-refractivity contribution in [3.8, 4) is 0 Å². The van der Waals surface area contributed by atoms with Crippen molar-refractivity contribution in [2.45, 2.75) is 25.6 Å². The predicted molar refractivity (Wildman–Crippen MR) is 102 cm³/mol. The Kier molecular flexibility index (Phi) is 4.76. The Hall–Kier alpha value is -3.68. The summed E-state index contributed by atoms with van der Waals surface area (Å²) in [5, 5.41) is 5.31. The molecule has 2 aromatic carbocycles. The molecule has 1 aliphatic heterocycles. The van der Waals surface area contributed by atoms with Crippen molar-refractivity contribution in [2.75, 3.05) is 0 Å². The molecule has 0 unspecified atom stereocenters. The first-order valence-electron chi connectivity index (χ1n) is 8.96. The number of nitrogens with zero attached hydrogens (tertiary/aromatic N) is 2. The zero-order valence-electron chi connectivity index (χ0n) is 15.0. The van der Waals surface area contributed by atoms with Crippen LogP contribution in [0.15, 0.2) is 54.6 Å². The maximum atomic E-state index is 12.5. The van der Waals surface area contributed by atoms with Crippen LogP contribution in [0.2, 0.25) is 0 Å². The van der Waals surface area contributed by atoms with Crippen molar-refractivity contribution < 1.29 is 14.4 Å². The highest BCUT2D eigenvalue weighted by molar-refractivity contribution is 6.05. The molecule has 4 rings (SSSR count). The number of fused-ring (bicyclic) bond motifs is 1. The number of imide groups is 1. The molecule has 8 heteroatoms. The number of amides is 4. The van der Waals surface area contributed by atoms with Gasteiger partial charge in [0.15, 0.2) is 0 Å². The van der Waals surface area contributed by atoms with Crippen LogP contribution in [0.5, 0.6) is 0 Å². The number of carbonyl (C=O) groups is 3. The monoisotopic (exact) mass is 377 g/mol. The maximum absolute atomic E-state index is 12.5. The minimum absolute atomic E-state index is 0.115. The average Bonchev–Trinajstić information content (AvgIpc) is 3.23. The van der Waals surface area contributed by atoms with Gasteiger partial charge in [-0.1, -0.05) is 42.5 Å². The molecule has 1 saturated heterocycles. The van der Waals surface area contributed by atoms with Gasteiger partial charge >= 0.3 is 6.03 Å². The van der Waals surface area contributed by atoms with E-state index in [0.717, 1.165) is 21.5 Å². The Balaban J connectivity index is 1.32. The van der Waals surface area contributed by atoms with Crippen molar-refractivity contribution in [1.29, 1.82) is 0 Å². The van der Waals surface area contributed by atoms with Crippen LogP contribution in [0.4, 0.5) is 4.79 Å². The zero-order valence-corrected chi connectivity index (χ0v) is 15.0. The second-order valence-electron chi connectivity index (χ2n) is 6.59. The first-order valence-corrected chi connectivity index (χ1v) is 8.96. The smallest absolute Gasteiger partial charge is 0.325 e. The molecule has 8 nitrogen and oxygen atoms in total. The van der Waals surface area contributed by atoms with E-state index in [2.05, 4.69) is 20.6 Å². The molecule has 28 heavy (non-hydrogen) atoms. The number of hydrogen-bond acceptors (Lipinski definition) is 4. The van der Waals surface area contributed by atoms with Gasteiger partial charge in [0.2, 0.25) is 5.91 Å². The topological polar surface area (TPSA) is 107 Å². The van der Waals surface area contributed by atoms with Crippen LogP contribution < -0.4 is 10.6 Å². The highest BCUT2D eigenvalue weighted by Gasteiger charge is 2.38. The van der Waals surface area contributed by atoms with Gasteiger partial charge in [0.05, 0.1) is 30.5 Å². The van der Waals surface area contributed by atoms with Crippen LogP contribution in [0.3, 0.4) is 0 Å². The lowest BCUT2D eigenvalue weighted by molar-refractivity contribution is -0.131. The fourth-order valence-corrected chi connectivity index (χ4v) is 3.16. The normalized spacial score (nSPS) is 16.4. The first-order chi connectivity index (χ1) is 13.6. The molecule has 1 atom stereocenters. The number of H-pyrrole nitrogens is 1. The van der Waals surface area contributed by atoms with Crippen molar-refractivity contribution in [3.05, 3.63) is 66.0 Å². The van der Waals surface area contributed by atoms with E-state index < -0.39 is 18.0 Å². The second-order valence-corrected chi connectivity index (χ2v) is 6.59. The summed E-state index contributed by atoms with van der Waals surface area (Å²) >= 11 is 0. The summed E-state index contributed by atoms with van der Waals surface area (Å²) in [5.41, 5.74) is 2.56. The van der Waals surface area contributed by atoms with Gasteiger partial charge in [-0.05, 0) is 17.7 Å². The molecule has 3 aromatic rings. The van der Waals surface area contributed by atoms with E-state index in [-0.39, 0.29) is 25.4 Å². The quantitative estimate of drug-likeness (QED) is 0.568. The van der Waals surface area contributed by atoms with E-state index in [1.807, 2.05) is 54.6 Å². The number of carbonyl (C=O) groups excluding carboxylic acids is 3. The predicted octanol–water partition coefficient (Wildman–Crippen LogP) is 1.69. The SMILES string of the molecule is O=C(C[C@H]1NC(=O)N(Cc2ccccc2)C1=O)NCc1nc2ccccc2[nH]1. The van der Waals surface area contributed by atoms with Gasteiger partial charge in [0.1, 0.15) is 11.9 Å². The molecule has 0 spiro atoms. The maximum Gasteiger partial charge on any atom is 0.325 e. The Labute approximate surface area is 160 Å². The molecular weight excluding hydrogens is 358 g/mol. The van der Waals surface area contributed by atoms with Crippen molar-refractivity contribution in [2.24, 2.45) is 0 Å². The number of hydrogen-bond donors (Lipinski definition) is 3. The Bertz CT molecular complexity index is 998. The van der Waals surface area contributed by atoms with Crippen molar-refractivity contribution in [3.63, 3.8) is 0 Å². The number of aromatic nitrogens is 2. The number of para-hydroxylation sites is 2. The molecule has 0 radical (unpaired) electrons. The summed E-state index contributed by atoms with van der Waals surface area (Å²) in [4.78, 5) is 45.5. The molecule has 1 fully saturated rings. The summed E-state index contributed by atoms with van der Waals surface area (Å²) in [6.07, 6.45) is -0.115. The Morgan fingerprint density at radius 1 is 1.07 bits per heavy atom. The van der Waals surface area contributed by atoms with E-state index in [4.69, 9.17) is 0 Å². The van der Waals surface area contributed by atoms with Gasteiger partial charge in [-0.25, -0.2) is 9.78 Å². The zero-order chi connectivity index (χ0) is 19.5. The Morgan fingerprint density at radius 2 is 1.82 bits per heavy atom. The van der Waals surface area contributed by atoms with Gasteiger partial charge in [-0.2, -0.15) is 0 Å². The van der Waals surface area contributed by atoms with Gasteiger partial charge in [-0.3, -0.25) is 14.5 Å². The summed E-state index contributed by atoms with van der Waals surface area (Å²) in [6.45, 7) is 0.401. The van der Waals surface area contributed by atoms with Gasteiger partial charge in [-0.15, -0.1) is 0 Å². The van der Waals surface area contributed by atoms with Gasteiger partial charge in [0, 0.05) is 0 Å². The third kappa shape index (κ3) is 3.71. The highest BCUT2D eigenvalue weighted by atomic mass is 16.2. The fourth-order valence-electron chi connectivity index (χ4n) is 3.16. The molecule has 142 valence electrons. The summed E-state index contributed by atoms with van der Waals surface area (Å²) in [5.74, 6) is -0.101. The van der Waals surface area contributed by atoms with Crippen LogP contribution in [0, 0.1) is 0 Å². The average molecular weight is 377 g/mol. The largest absolute Gasteiger partial charge is 0.349 e. The molecule has 0 saturated carbocycles. The number of urea groups is 1. The fraction of sp³-hybridized carbons (Fsp3) is 0.200. The summed E-state index contributed by atoms with van der Waals surface area (Å²) < 4.78 is 0. The summed E-state index contributed by atoms with van der Waals surface area (Å²) in [7, 11) is 0. The third-order valence-corrected chi connectivity index (χ3v) is 4.57. The van der Waals surface area contributed by atoms with Crippen LogP contribution in [0.25, 0.3) is 11.0 Å². The molecule has 2 heterocycles.